The zero-order chi connectivity index (χ0) is 31.4. The summed E-state index contributed by atoms with van der Waals surface area (Å²) in [5.41, 5.74) is 0.401. The van der Waals surface area contributed by atoms with Crippen molar-refractivity contribution in [3.8, 4) is 12.1 Å². The molecule has 1 aliphatic carbocycles. The molecule has 8 nitrogen and oxygen atoms in total. The number of carbonyl (C=O) groups excluding carboxylic acids is 1. The van der Waals surface area contributed by atoms with E-state index in [2.05, 4.69) is 20.1 Å². The molecule has 0 atom stereocenters. The molecule has 5 rings (SSSR count). The summed E-state index contributed by atoms with van der Waals surface area (Å²) in [5, 5.41) is 27.6. The number of Topliss-reactive ketones (excluding diaryl/α,β-unsaturated/α-hetero) is 1. The molecule has 0 radical (unpaired) electrons. The van der Waals surface area contributed by atoms with Crippen LogP contribution < -0.4 is 4.90 Å². The topological polar surface area (TPSA) is 109 Å². The first-order valence-electron chi connectivity index (χ1n) is 14.2. The van der Waals surface area contributed by atoms with Crippen LogP contribution in [0, 0.1) is 22.7 Å². The molecule has 3 aromatic rings. The second-order valence-electron chi connectivity index (χ2n) is 10.2. The lowest BCUT2D eigenvalue weighted by Crippen LogP contribution is -2.30. The number of carbonyl (C=O) groups is 1. The number of allylic oxidation sites excluding steroid dienone is 3. The lowest BCUT2D eigenvalue weighted by molar-refractivity contribution is -0.140. The number of rotatable bonds is 7. The van der Waals surface area contributed by atoms with Gasteiger partial charge in [0.2, 0.25) is 5.13 Å². The molecule has 2 heterocycles. The number of anilines is 1. The number of likely N-dealkylation sites (tertiary alicyclic amines) is 1. The van der Waals surface area contributed by atoms with Crippen LogP contribution in [0.1, 0.15) is 59.6 Å². The average Bonchev–Trinajstić information content (AvgIpc) is 3.59. The van der Waals surface area contributed by atoms with Gasteiger partial charge in [-0.3, -0.25) is 4.79 Å². The number of fused-ring (bicyclic) bond motifs is 1. The van der Waals surface area contributed by atoms with Crippen molar-refractivity contribution >= 4 is 44.9 Å². The van der Waals surface area contributed by atoms with Crippen LogP contribution in [0.3, 0.4) is 0 Å². The molecule has 2 aromatic carbocycles. The van der Waals surface area contributed by atoms with Gasteiger partial charge in [0.05, 0.1) is 21.8 Å². The van der Waals surface area contributed by atoms with Gasteiger partial charge in [-0.1, -0.05) is 35.6 Å². The highest BCUT2D eigenvalue weighted by molar-refractivity contribution is 7.16. The third-order valence-corrected chi connectivity index (χ3v) is 8.58. The van der Waals surface area contributed by atoms with Gasteiger partial charge >= 0.3 is 6.18 Å². The first-order valence-corrected chi connectivity index (χ1v) is 15.1. The van der Waals surface area contributed by atoms with Gasteiger partial charge in [-0.2, -0.15) is 23.7 Å². The molecule has 0 amide bonds. The van der Waals surface area contributed by atoms with E-state index in [-0.39, 0.29) is 38.0 Å². The van der Waals surface area contributed by atoms with Crippen molar-refractivity contribution in [1.82, 2.24) is 9.88 Å². The maximum atomic E-state index is 14.6. The van der Waals surface area contributed by atoms with Gasteiger partial charge in [-0.25, -0.2) is 4.98 Å². The molecule has 12 heteroatoms. The van der Waals surface area contributed by atoms with E-state index in [1.807, 2.05) is 38.1 Å². The molecular weight excluding hydrogens is 587 g/mol. The lowest BCUT2D eigenvalue weighted by Gasteiger charge is -2.32. The minimum Gasteiger partial charge on any atom is -0.372 e. The number of thiazole rings is 1. The van der Waals surface area contributed by atoms with Gasteiger partial charge in [0.25, 0.3) is 0 Å². The van der Waals surface area contributed by atoms with Crippen LogP contribution in [0.15, 0.2) is 69.9 Å². The van der Waals surface area contributed by atoms with Crippen molar-refractivity contribution in [1.29, 1.82) is 10.5 Å². The quantitative estimate of drug-likeness (QED) is 0.150. The van der Waals surface area contributed by atoms with E-state index in [1.165, 1.54) is 0 Å². The predicted octanol–water partition coefficient (Wildman–Crippen LogP) is 8.32. The van der Waals surface area contributed by atoms with Crippen LogP contribution >= 0.6 is 11.3 Å². The van der Waals surface area contributed by atoms with Gasteiger partial charge in [0.1, 0.15) is 17.7 Å². The van der Waals surface area contributed by atoms with Crippen LogP contribution in [0.5, 0.6) is 0 Å². The number of alkyl halides is 3. The number of benzene rings is 2. The van der Waals surface area contributed by atoms with Crippen molar-refractivity contribution in [2.75, 3.05) is 31.1 Å². The van der Waals surface area contributed by atoms with E-state index >= 15 is 0 Å². The Morgan fingerprint density at radius 3 is 2.18 bits per heavy atom. The summed E-state index contributed by atoms with van der Waals surface area (Å²) in [4.78, 5) is 21.4. The standard InChI is InChI=1S/C32H28F3N7OS/c1-3-41(4-2)22-14-12-21(13-15-22)39-40-31-38-30(32(33,34)35)29(44-31)27(42-16-8-5-9-17-42)26-25(20(18-36)19-37)23-10-6-7-11-24(23)28(26)43/h6-7,10-15H,3-5,8-9,16-17H2,1-2H3/b27-26-,40-39?. The van der Waals surface area contributed by atoms with E-state index in [4.69, 9.17) is 0 Å². The predicted molar refractivity (Wildman–Crippen MR) is 163 cm³/mol. The lowest BCUT2D eigenvalue weighted by atomic mass is 9.96. The zero-order valence-electron chi connectivity index (χ0n) is 24.1. The Labute approximate surface area is 257 Å². The Bertz CT molecular complexity index is 1730. The Hall–Kier alpha value is -4.81. The van der Waals surface area contributed by atoms with Crippen molar-refractivity contribution in [3.63, 3.8) is 0 Å². The minimum atomic E-state index is -4.88. The normalized spacial score (nSPS) is 16.1. The molecule has 0 unspecified atom stereocenters. The number of aromatic nitrogens is 1. The van der Waals surface area contributed by atoms with E-state index in [9.17, 15) is 28.5 Å². The number of piperidine rings is 1. The number of nitriles is 2. The van der Waals surface area contributed by atoms with Crippen molar-refractivity contribution < 1.29 is 18.0 Å². The molecule has 1 fully saturated rings. The molecular formula is C32H28F3N7OS. The highest BCUT2D eigenvalue weighted by Crippen LogP contribution is 2.48. The fourth-order valence-corrected chi connectivity index (χ4v) is 6.55. The largest absolute Gasteiger partial charge is 0.434 e. The molecule has 44 heavy (non-hydrogen) atoms. The molecule has 1 saturated heterocycles. The van der Waals surface area contributed by atoms with Gasteiger partial charge in [0.15, 0.2) is 11.5 Å². The van der Waals surface area contributed by atoms with E-state index in [0.717, 1.165) is 25.2 Å². The summed E-state index contributed by atoms with van der Waals surface area (Å²) in [5.74, 6) is -0.544. The number of hydrogen-bond donors (Lipinski definition) is 0. The molecule has 0 spiro atoms. The zero-order valence-corrected chi connectivity index (χ0v) is 25.0. The Kier molecular flexibility index (Phi) is 8.93. The minimum absolute atomic E-state index is 0.0127. The molecule has 0 bridgehead atoms. The summed E-state index contributed by atoms with van der Waals surface area (Å²) in [6, 6.07) is 17.3. The molecule has 224 valence electrons. The van der Waals surface area contributed by atoms with Crippen LogP contribution in [-0.4, -0.2) is 41.8 Å². The molecule has 1 aliphatic heterocycles. The molecule has 0 N–H and O–H groups in total. The van der Waals surface area contributed by atoms with Crippen LogP contribution in [0.4, 0.5) is 29.7 Å². The van der Waals surface area contributed by atoms with E-state index in [0.29, 0.717) is 48.5 Å². The Morgan fingerprint density at radius 1 is 0.955 bits per heavy atom. The van der Waals surface area contributed by atoms with E-state index in [1.54, 1.807) is 41.3 Å². The third kappa shape index (κ3) is 5.86. The first kappa shape index (κ1) is 30.6. The third-order valence-electron chi connectivity index (χ3n) is 7.63. The second-order valence-corrected chi connectivity index (χ2v) is 11.2. The van der Waals surface area contributed by atoms with E-state index < -0.39 is 17.7 Å². The van der Waals surface area contributed by atoms with Crippen LogP contribution in [0.2, 0.25) is 0 Å². The molecule has 0 saturated carbocycles. The van der Waals surface area contributed by atoms with Crippen molar-refractivity contribution in [2.24, 2.45) is 10.2 Å². The van der Waals surface area contributed by atoms with Crippen LogP contribution in [-0.2, 0) is 6.18 Å². The van der Waals surface area contributed by atoms with Gasteiger partial charge < -0.3 is 9.80 Å². The monoisotopic (exact) mass is 615 g/mol. The summed E-state index contributed by atoms with van der Waals surface area (Å²) in [6.07, 6.45) is -2.58. The highest BCUT2D eigenvalue weighted by Gasteiger charge is 2.43. The fourth-order valence-electron chi connectivity index (χ4n) is 5.56. The summed E-state index contributed by atoms with van der Waals surface area (Å²) >= 11 is 0.679. The number of halogens is 3. The SMILES string of the molecule is CCN(CC)c1ccc(N=Nc2nc(C(F)(F)F)c(/C(=C3/C(=O)c4ccccc4C3=C(C#N)C#N)N3CCCCC3)s2)cc1. The first-order chi connectivity index (χ1) is 21.2. The van der Waals surface area contributed by atoms with Gasteiger partial charge in [0, 0.05) is 43.0 Å². The highest BCUT2D eigenvalue weighted by atomic mass is 32.1. The van der Waals surface area contributed by atoms with Crippen LogP contribution in [0.25, 0.3) is 11.3 Å². The number of azo groups is 1. The number of nitrogens with zero attached hydrogens (tertiary/aromatic N) is 7. The summed E-state index contributed by atoms with van der Waals surface area (Å²) < 4.78 is 43.8. The average molecular weight is 616 g/mol. The number of ketones is 1. The van der Waals surface area contributed by atoms with Crippen molar-refractivity contribution in [3.05, 3.63) is 81.4 Å². The molecule has 2 aliphatic rings. The Morgan fingerprint density at radius 2 is 1.59 bits per heavy atom. The van der Waals surface area contributed by atoms with Crippen molar-refractivity contribution in [2.45, 2.75) is 39.3 Å². The second kappa shape index (κ2) is 12.8. The summed E-state index contributed by atoms with van der Waals surface area (Å²) in [7, 11) is 0. The fraction of sp³-hybridized carbons (Fsp3) is 0.312. The maximum Gasteiger partial charge on any atom is 0.434 e. The number of hydrogen-bond acceptors (Lipinski definition) is 9. The Balaban J connectivity index is 1.70. The van der Waals surface area contributed by atoms with Gasteiger partial charge in [-0.05, 0) is 62.9 Å². The smallest absolute Gasteiger partial charge is 0.372 e. The van der Waals surface area contributed by atoms with Gasteiger partial charge in [-0.15, -0.1) is 10.2 Å². The summed E-state index contributed by atoms with van der Waals surface area (Å²) in [6.45, 7) is 6.53. The molecule has 1 aromatic heterocycles. The maximum absolute atomic E-state index is 14.6.